The monoisotopic (exact) mass is 348 g/mol. The number of benzene rings is 2. The van der Waals surface area contributed by atoms with E-state index in [1.807, 2.05) is 61.5 Å². The molecule has 1 unspecified atom stereocenters. The van der Waals surface area contributed by atoms with E-state index in [9.17, 15) is 4.79 Å². The first-order chi connectivity index (χ1) is 11.2. The van der Waals surface area contributed by atoms with Crippen molar-refractivity contribution in [2.75, 3.05) is 13.2 Å². The molecule has 0 radical (unpaired) electrons. The molecule has 5 heteroatoms. The molecule has 130 valence electrons. The molecular formula is C19H25ClN2O2. The molecule has 1 atom stereocenters. The quantitative estimate of drug-likeness (QED) is 0.719. The Balaban J connectivity index is 0.00000288. The Hall–Kier alpha value is -2.04. The van der Waals surface area contributed by atoms with E-state index in [0.29, 0.717) is 13.2 Å². The van der Waals surface area contributed by atoms with Gasteiger partial charge in [0.25, 0.3) is 0 Å². The highest BCUT2D eigenvalue weighted by Gasteiger charge is 2.14. The van der Waals surface area contributed by atoms with Crippen LogP contribution in [0.4, 0.5) is 0 Å². The van der Waals surface area contributed by atoms with Gasteiger partial charge in [0, 0.05) is 6.54 Å². The minimum absolute atomic E-state index is 0. The third-order valence-corrected chi connectivity index (χ3v) is 3.60. The van der Waals surface area contributed by atoms with Crippen molar-refractivity contribution in [3.05, 3.63) is 65.7 Å². The van der Waals surface area contributed by atoms with Crippen LogP contribution in [0.3, 0.4) is 0 Å². The Labute approximate surface area is 149 Å². The number of nitrogens with one attached hydrogen (secondary N) is 1. The molecule has 2 aromatic rings. The number of hydrogen-bond acceptors (Lipinski definition) is 3. The first kappa shape index (κ1) is 20.0. The second kappa shape index (κ2) is 10.7. The minimum atomic E-state index is -0.611. The number of carbonyl (C=O) groups is 1. The molecule has 2 aromatic carbocycles. The Kier molecular flexibility index (Phi) is 8.90. The van der Waals surface area contributed by atoms with Gasteiger partial charge in [-0.25, -0.2) is 0 Å². The summed E-state index contributed by atoms with van der Waals surface area (Å²) in [5, 5.41) is 2.87. The van der Waals surface area contributed by atoms with E-state index in [2.05, 4.69) is 5.32 Å². The summed E-state index contributed by atoms with van der Waals surface area (Å²) in [4.78, 5) is 12.0. The van der Waals surface area contributed by atoms with E-state index in [-0.39, 0.29) is 18.3 Å². The molecule has 0 heterocycles. The van der Waals surface area contributed by atoms with Crippen LogP contribution in [-0.2, 0) is 4.79 Å². The van der Waals surface area contributed by atoms with Gasteiger partial charge in [0.2, 0.25) is 5.91 Å². The first-order valence-corrected chi connectivity index (χ1v) is 7.94. The number of amides is 1. The number of hydrogen-bond donors (Lipinski definition) is 2. The van der Waals surface area contributed by atoms with Crippen LogP contribution >= 0.6 is 12.4 Å². The lowest BCUT2D eigenvalue weighted by Crippen LogP contribution is -2.34. The van der Waals surface area contributed by atoms with Gasteiger partial charge >= 0.3 is 0 Å². The maximum Gasteiger partial charge on any atom is 0.241 e. The molecule has 4 nitrogen and oxygen atoms in total. The van der Waals surface area contributed by atoms with Crippen molar-refractivity contribution < 1.29 is 9.53 Å². The van der Waals surface area contributed by atoms with Gasteiger partial charge in [-0.2, -0.15) is 0 Å². The summed E-state index contributed by atoms with van der Waals surface area (Å²) in [6.45, 7) is 3.30. The highest BCUT2D eigenvalue weighted by Crippen LogP contribution is 2.12. The Morgan fingerprint density at radius 2 is 1.75 bits per heavy atom. The van der Waals surface area contributed by atoms with Gasteiger partial charge in [-0.15, -0.1) is 12.4 Å². The van der Waals surface area contributed by atoms with Gasteiger partial charge in [0.1, 0.15) is 11.8 Å². The van der Waals surface area contributed by atoms with Crippen LogP contribution < -0.4 is 15.8 Å². The Bertz CT molecular complexity index is 603. The predicted octanol–water partition coefficient (Wildman–Crippen LogP) is 3.39. The standard InChI is InChI=1S/C19H24N2O2.ClH/c1-15-9-11-17(12-10-15)23-14-6-5-13-21-19(22)18(20)16-7-3-2-4-8-16;/h2-4,7-12,18H,5-6,13-14,20H2,1H3,(H,21,22);1H. The minimum Gasteiger partial charge on any atom is -0.494 e. The largest absolute Gasteiger partial charge is 0.494 e. The van der Waals surface area contributed by atoms with Crippen LogP contribution in [0.2, 0.25) is 0 Å². The van der Waals surface area contributed by atoms with Crippen molar-refractivity contribution in [1.82, 2.24) is 5.32 Å². The predicted molar refractivity (Wildman–Crippen MR) is 99.5 cm³/mol. The summed E-state index contributed by atoms with van der Waals surface area (Å²) in [5.41, 5.74) is 7.97. The van der Waals surface area contributed by atoms with Crippen LogP contribution in [0.25, 0.3) is 0 Å². The fourth-order valence-electron chi connectivity index (χ4n) is 2.18. The maximum atomic E-state index is 12.0. The summed E-state index contributed by atoms with van der Waals surface area (Å²) >= 11 is 0. The van der Waals surface area contributed by atoms with Gasteiger partial charge in [0.15, 0.2) is 0 Å². The molecule has 0 aliphatic rings. The van der Waals surface area contributed by atoms with Crippen molar-refractivity contribution >= 4 is 18.3 Å². The second-order valence-electron chi connectivity index (χ2n) is 5.55. The highest BCUT2D eigenvalue weighted by molar-refractivity contribution is 5.85. The van der Waals surface area contributed by atoms with E-state index in [1.165, 1.54) is 5.56 Å². The fourth-order valence-corrected chi connectivity index (χ4v) is 2.18. The van der Waals surface area contributed by atoms with Crippen LogP contribution in [0.15, 0.2) is 54.6 Å². The third-order valence-electron chi connectivity index (χ3n) is 3.60. The van der Waals surface area contributed by atoms with E-state index in [4.69, 9.17) is 10.5 Å². The van der Waals surface area contributed by atoms with Crippen LogP contribution in [0, 0.1) is 6.92 Å². The molecule has 2 rings (SSSR count). The van der Waals surface area contributed by atoms with E-state index < -0.39 is 6.04 Å². The van der Waals surface area contributed by atoms with Gasteiger partial charge in [-0.05, 0) is 37.5 Å². The SMILES string of the molecule is Cc1ccc(OCCCCNC(=O)C(N)c2ccccc2)cc1.Cl. The zero-order chi connectivity index (χ0) is 16.5. The van der Waals surface area contributed by atoms with Crippen molar-refractivity contribution in [2.45, 2.75) is 25.8 Å². The van der Waals surface area contributed by atoms with Gasteiger partial charge in [0.05, 0.1) is 6.61 Å². The normalized spacial score (nSPS) is 11.2. The number of ether oxygens (including phenoxy) is 1. The topological polar surface area (TPSA) is 64.3 Å². The second-order valence-corrected chi connectivity index (χ2v) is 5.55. The highest BCUT2D eigenvalue weighted by atomic mass is 35.5. The third kappa shape index (κ3) is 6.60. The number of unbranched alkanes of at least 4 members (excludes halogenated alkanes) is 1. The smallest absolute Gasteiger partial charge is 0.241 e. The van der Waals surface area contributed by atoms with E-state index >= 15 is 0 Å². The molecule has 3 N–H and O–H groups in total. The summed E-state index contributed by atoms with van der Waals surface area (Å²) in [7, 11) is 0. The lowest BCUT2D eigenvalue weighted by molar-refractivity contribution is -0.122. The summed E-state index contributed by atoms with van der Waals surface area (Å²) in [6.07, 6.45) is 1.74. The molecular weight excluding hydrogens is 324 g/mol. The number of halogens is 1. The van der Waals surface area contributed by atoms with Gasteiger partial charge in [-0.1, -0.05) is 48.0 Å². The molecule has 0 aromatic heterocycles. The van der Waals surface area contributed by atoms with Crippen molar-refractivity contribution in [3.63, 3.8) is 0 Å². The molecule has 0 spiro atoms. The Morgan fingerprint density at radius 3 is 2.42 bits per heavy atom. The van der Waals surface area contributed by atoms with E-state index in [0.717, 1.165) is 24.2 Å². The van der Waals surface area contributed by atoms with Crippen LogP contribution in [0.1, 0.15) is 30.0 Å². The first-order valence-electron chi connectivity index (χ1n) is 7.94. The summed E-state index contributed by atoms with van der Waals surface area (Å²) in [6, 6.07) is 16.8. The zero-order valence-corrected chi connectivity index (χ0v) is 14.7. The Morgan fingerprint density at radius 1 is 1.08 bits per heavy atom. The van der Waals surface area contributed by atoms with Gasteiger partial charge in [-0.3, -0.25) is 4.79 Å². The van der Waals surface area contributed by atoms with Crippen molar-refractivity contribution in [2.24, 2.45) is 5.73 Å². The molecule has 0 aliphatic heterocycles. The fraction of sp³-hybridized carbons (Fsp3) is 0.316. The van der Waals surface area contributed by atoms with Crippen LogP contribution in [0.5, 0.6) is 5.75 Å². The van der Waals surface area contributed by atoms with Crippen molar-refractivity contribution in [1.29, 1.82) is 0 Å². The molecule has 0 bridgehead atoms. The summed E-state index contributed by atoms with van der Waals surface area (Å²) < 4.78 is 5.65. The number of aryl methyl sites for hydroxylation is 1. The average Bonchev–Trinajstić information content (AvgIpc) is 2.59. The number of nitrogens with two attached hydrogens (primary N) is 1. The number of carbonyl (C=O) groups excluding carboxylic acids is 1. The molecule has 0 saturated heterocycles. The molecule has 1 amide bonds. The maximum absolute atomic E-state index is 12.0. The molecule has 24 heavy (non-hydrogen) atoms. The van der Waals surface area contributed by atoms with Crippen molar-refractivity contribution in [3.8, 4) is 5.75 Å². The molecule has 0 saturated carbocycles. The number of rotatable bonds is 8. The molecule has 0 fully saturated rings. The van der Waals surface area contributed by atoms with E-state index in [1.54, 1.807) is 0 Å². The molecule has 0 aliphatic carbocycles. The lowest BCUT2D eigenvalue weighted by Gasteiger charge is -2.12. The zero-order valence-electron chi connectivity index (χ0n) is 13.9. The van der Waals surface area contributed by atoms with Gasteiger partial charge < -0.3 is 15.8 Å². The average molecular weight is 349 g/mol. The van der Waals surface area contributed by atoms with Crippen LogP contribution in [-0.4, -0.2) is 19.1 Å². The summed E-state index contributed by atoms with van der Waals surface area (Å²) in [5.74, 6) is 0.737. The lowest BCUT2D eigenvalue weighted by atomic mass is 10.1.